The number of urea groups is 1. The highest BCUT2D eigenvalue weighted by molar-refractivity contribution is 5.88. The number of hydrogen-bond acceptors (Lipinski definition) is 3. The van der Waals surface area contributed by atoms with Gasteiger partial charge in [0.15, 0.2) is 0 Å². The fourth-order valence-corrected chi connectivity index (χ4v) is 2.71. The summed E-state index contributed by atoms with van der Waals surface area (Å²) in [6.45, 7) is 6.66. The smallest absolute Gasteiger partial charge is 0.313 e. The van der Waals surface area contributed by atoms with Crippen LogP contribution in [0.1, 0.15) is 44.0 Å². The molecule has 1 aromatic heterocycles. The Kier molecular flexibility index (Phi) is 3.37. The zero-order valence-corrected chi connectivity index (χ0v) is 12.4. The lowest BCUT2D eigenvalue weighted by Gasteiger charge is -2.22. The Labute approximate surface area is 123 Å². The molecule has 3 rings (SSSR count). The van der Waals surface area contributed by atoms with Gasteiger partial charge in [0.25, 0.3) is 0 Å². The number of anilines is 1. The first kappa shape index (κ1) is 13.6. The van der Waals surface area contributed by atoms with E-state index in [1.165, 1.54) is 17.5 Å². The molecule has 1 unspecified atom stereocenters. The average molecular weight is 285 g/mol. The van der Waals surface area contributed by atoms with E-state index < -0.39 is 0 Å². The number of fused-ring (bicyclic) bond motifs is 1. The van der Waals surface area contributed by atoms with Crippen molar-refractivity contribution in [2.45, 2.75) is 39.4 Å². The molecule has 0 fully saturated rings. The number of nitrogens with one attached hydrogen (secondary N) is 1. The standard InChI is InChI=1S/C15H19N5O/c1-10(2)20-14(16-9-17-20)18-15(21)19-8-12-6-4-5-7-13(12)11(19)3/h4-7,9-11H,8H2,1-3H3,(H,16,17,18,21). The lowest BCUT2D eigenvalue weighted by molar-refractivity contribution is 0.198. The summed E-state index contributed by atoms with van der Waals surface area (Å²) in [6.07, 6.45) is 1.46. The quantitative estimate of drug-likeness (QED) is 0.922. The maximum atomic E-state index is 12.5. The first-order valence-electron chi connectivity index (χ1n) is 7.13. The third-order valence-electron chi connectivity index (χ3n) is 3.86. The van der Waals surface area contributed by atoms with Gasteiger partial charge in [-0.25, -0.2) is 9.48 Å². The van der Waals surface area contributed by atoms with Crippen molar-refractivity contribution < 1.29 is 4.79 Å². The van der Waals surface area contributed by atoms with Gasteiger partial charge in [-0.2, -0.15) is 10.1 Å². The van der Waals surface area contributed by atoms with Gasteiger partial charge < -0.3 is 4.90 Å². The molecular weight excluding hydrogens is 266 g/mol. The Hall–Kier alpha value is -2.37. The Morgan fingerprint density at radius 1 is 1.38 bits per heavy atom. The fourth-order valence-electron chi connectivity index (χ4n) is 2.71. The molecule has 0 saturated heterocycles. The van der Waals surface area contributed by atoms with Gasteiger partial charge in [-0.05, 0) is 31.9 Å². The maximum Gasteiger partial charge on any atom is 0.325 e. The van der Waals surface area contributed by atoms with Crippen molar-refractivity contribution >= 4 is 12.0 Å². The molecule has 0 saturated carbocycles. The van der Waals surface area contributed by atoms with Gasteiger partial charge in [-0.15, -0.1) is 0 Å². The zero-order valence-electron chi connectivity index (χ0n) is 12.4. The van der Waals surface area contributed by atoms with E-state index in [-0.39, 0.29) is 18.1 Å². The van der Waals surface area contributed by atoms with Gasteiger partial charge in [0, 0.05) is 6.54 Å². The van der Waals surface area contributed by atoms with E-state index in [0.717, 1.165) is 0 Å². The molecule has 21 heavy (non-hydrogen) atoms. The monoisotopic (exact) mass is 285 g/mol. The number of amides is 2. The highest BCUT2D eigenvalue weighted by atomic mass is 16.2. The third-order valence-corrected chi connectivity index (χ3v) is 3.86. The van der Waals surface area contributed by atoms with Crippen LogP contribution in [-0.2, 0) is 6.54 Å². The lowest BCUT2D eigenvalue weighted by atomic mass is 10.1. The van der Waals surface area contributed by atoms with Gasteiger partial charge in [-0.3, -0.25) is 5.32 Å². The van der Waals surface area contributed by atoms with E-state index >= 15 is 0 Å². The van der Waals surface area contributed by atoms with Crippen LogP contribution in [-0.4, -0.2) is 25.7 Å². The van der Waals surface area contributed by atoms with Crippen molar-refractivity contribution in [3.05, 3.63) is 41.7 Å². The highest BCUT2D eigenvalue weighted by Crippen LogP contribution is 2.33. The maximum absolute atomic E-state index is 12.5. The van der Waals surface area contributed by atoms with E-state index in [4.69, 9.17) is 0 Å². The Balaban J connectivity index is 1.77. The van der Waals surface area contributed by atoms with Crippen LogP contribution in [0.25, 0.3) is 0 Å². The summed E-state index contributed by atoms with van der Waals surface area (Å²) in [5, 5.41) is 6.98. The molecule has 2 heterocycles. The summed E-state index contributed by atoms with van der Waals surface area (Å²) in [4.78, 5) is 18.4. The van der Waals surface area contributed by atoms with Gasteiger partial charge in [-0.1, -0.05) is 24.3 Å². The molecule has 1 aromatic carbocycles. The number of aromatic nitrogens is 3. The summed E-state index contributed by atoms with van der Waals surface area (Å²) < 4.78 is 1.70. The van der Waals surface area contributed by atoms with Crippen molar-refractivity contribution in [1.29, 1.82) is 0 Å². The van der Waals surface area contributed by atoms with Gasteiger partial charge in [0.1, 0.15) is 6.33 Å². The van der Waals surface area contributed by atoms with E-state index in [1.54, 1.807) is 4.68 Å². The molecule has 0 aliphatic carbocycles. The second-order valence-electron chi connectivity index (χ2n) is 5.55. The molecule has 110 valence electrons. The minimum Gasteiger partial charge on any atom is -0.313 e. The molecule has 2 amide bonds. The van der Waals surface area contributed by atoms with Gasteiger partial charge in [0.05, 0.1) is 12.1 Å². The van der Waals surface area contributed by atoms with Crippen molar-refractivity contribution in [2.75, 3.05) is 5.32 Å². The molecule has 6 heteroatoms. The SMILES string of the molecule is CC1c2ccccc2CN1C(=O)Nc1ncnn1C(C)C. The molecule has 0 bridgehead atoms. The minimum atomic E-state index is -0.145. The molecular formula is C15H19N5O. The predicted octanol–water partition coefficient (Wildman–Crippen LogP) is 2.97. The number of rotatable bonds is 2. The Morgan fingerprint density at radius 3 is 2.86 bits per heavy atom. The molecule has 1 aliphatic rings. The van der Waals surface area contributed by atoms with Crippen LogP contribution in [0, 0.1) is 0 Å². The zero-order chi connectivity index (χ0) is 15.0. The summed E-state index contributed by atoms with van der Waals surface area (Å²) in [6, 6.07) is 8.22. The normalized spacial score (nSPS) is 17.1. The molecule has 2 aromatic rings. The molecule has 1 aliphatic heterocycles. The molecule has 0 spiro atoms. The summed E-state index contributed by atoms with van der Waals surface area (Å²) in [5.41, 5.74) is 2.41. The summed E-state index contributed by atoms with van der Waals surface area (Å²) >= 11 is 0. The van der Waals surface area contributed by atoms with Gasteiger partial charge >= 0.3 is 6.03 Å². The van der Waals surface area contributed by atoms with E-state index in [0.29, 0.717) is 12.5 Å². The first-order chi connectivity index (χ1) is 10.1. The molecule has 1 atom stereocenters. The predicted molar refractivity (Wildman–Crippen MR) is 79.8 cm³/mol. The van der Waals surface area contributed by atoms with Crippen LogP contribution >= 0.6 is 0 Å². The Morgan fingerprint density at radius 2 is 2.14 bits per heavy atom. The summed E-state index contributed by atoms with van der Waals surface area (Å²) in [5.74, 6) is 0.484. The van der Waals surface area contributed by atoms with Crippen molar-refractivity contribution in [2.24, 2.45) is 0 Å². The number of benzene rings is 1. The van der Waals surface area contributed by atoms with E-state index in [1.807, 2.05) is 37.8 Å². The third kappa shape index (κ3) is 2.37. The minimum absolute atomic E-state index is 0.0663. The number of nitrogens with zero attached hydrogens (tertiary/aromatic N) is 4. The number of carbonyl (C=O) groups excluding carboxylic acids is 1. The first-order valence-corrected chi connectivity index (χ1v) is 7.13. The Bertz CT molecular complexity index is 664. The average Bonchev–Trinajstić information content (AvgIpc) is 3.04. The van der Waals surface area contributed by atoms with Crippen LogP contribution in [0.4, 0.5) is 10.7 Å². The van der Waals surface area contributed by atoms with Gasteiger partial charge in [0.2, 0.25) is 5.95 Å². The van der Waals surface area contributed by atoms with Crippen LogP contribution in [0.2, 0.25) is 0 Å². The van der Waals surface area contributed by atoms with E-state index in [9.17, 15) is 4.79 Å². The topological polar surface area (TPSA) is 63.1 Å². The lowest BCUT2D eigenvalue weighted by Crippen LogP contribution is -2.33. The molecule has 6 nitrogen and oxygen atoms in total. The van der Waals surface area contributed by atoms with Crippen molar-refractivity contribution in [1.82, 2.24) is 19.7 Å². The largest absolute Gasteiger partial charge is 0.325 e. The van der Waals surface area contributed by atoms with E-state index in [2.05, 4.69) is 27.5 Å². The van der Waals surface area contributed by atoms with Crippen LogP contribution < -0.4 is 5.32 Å². The molecule has 1 N–H and O–H groups in total. The summed E-state index contributed by atoms with van der Waals surface area (Å²) in [7, 11) is 0. The second-order valence-corrected chi connectivity index (χ2v) is 5.55. The number of hydrogen-bond donors (Lipinski definition) is 1. The fraction of sp³-hybridized carbons (Fsp3) is 0.400. The number of carbonyl (C=O) groups is 1. The second kappa shape index (κ2) is 5.20. The van der Waals surface area contributed by atoms with Crippen molar-refractivity contribution in [3.8, 4) is 0 Å². The van der Waals surface area contributed by atoms with Crippen LogP contribution in [0.3, 0.4) is 0 Å². The van der Waals surface area contributed by atoms with Crippen LogP contribution in [0.15, 0.2) is 30.6 Å². The van der Waals surface area contributed by atoms with Crippen LogP contribution in [0.5, 0.6) is 0 Å². The highest BCUT2D eigenvalue weighted by Gasteiger charge is 2.30. The van der Waals surface area contributed by atoms with Crippen molar-refractivity contribution in [3.63, 3.8) is 0 Å². The molecule has 0 radical (unpaired) electrons.